The Morgan fingerprint density at radius 2 is 1.94 bits per heavy atom. The van der Waals surface area contributed by atoms with Gasteiger partial charge in [-0.25, -0.2) is 4.79 Å². The Kier molecular flexibility index (Phi) is 6.77. The highest BCUT2D eigenvalue weighted by atomic mass is 35.5. The van der Waals surface area contributed by atoms with Gasteiger partial charge in [0.05, 0.1) is 12.1 Å². The molecule has 0 amide bonds. The van der Waals surface area contributed by atoms with Crippen molar-refractivity contribution in [3.63, 3.8) is 0 Å². The second-order valence-corrected chi connectivity index (χ2v) is 9.38. The van der Waals surface area contributed by atoms with E-state index in [4.69, 9.17) is 28.6 Å². The number of hydrogen-bond acceptors (Lipinski definition) is 5. The van der Waals surface area contributed by atoms with Crippen molar-refractivity contribution in [1.82, 2.24) is 9.80 Å². The van der Waals surface area contributed by atoms with Crippen LogP contribution in [0.1, 0.15) is 20.8 Å². The van der Waals surface area contributed by atoms with Crippen molar-refractivity contribution in [3.8, 4) is 0 Å². The van der Waals surface area contributed by atoms with Crippen molar-refractivity contribution in [3.05, 3.63) is 63.5 Å². The molecule has 0 saturated carbocycles. The minimum absolute atomic E-state index is 0.417. The number of nitrogens with zero attached hydrogens (tertiary/aromatic N) is 2. The van der Waals surface area contributed by atoms with Gasteiger partial charge in [-0.2, -0.15) is 0 Å². The Bertz CT molecular complexity index is 1120. The van der Waals surface area contributed by atoms with Gasteiger partial charge >= 0.3 is 5.97 Å². The Labute approximate surface area is 196 Å². The van der Waals surface area contributed by atoms with Gasteiger partial charge in [0, 0.05) is 48.5 Å². The largest absolute Gasteiger partial charge is 0.465 e. The highest BCUT2D eigenvalue weighted by Gasteiger charge is 2.21. The molecule has 0 atom stereocenters. The van der Waals surface area contributed by atoms with Crippen molar-refractivity contribution in [2.45, 2.75) is 13.5 Å². The van der Waals surface area contributed by atoms with Crippen molar-refractivity contribution in [1.29, 1.82) is 0 Å². The first-order chi connectivity index (χ1) is 15.0. The molecule has 0 unspecified atom stereocenters. The summed E-state index contributed by atoms with van der Waals surface area (Å²) in [6.45, 7) is 6.85. The summed E-state index contributed by atoms with van der Waals surface area (Å²) in [6.07, 6.45) is 0. The molecule has 1 saturated heterocycles. The Hall–Kier alpha value is -2.19. The number of nitrogens with one attached hydrogen (secondary N) is 1. The third kappa shape index (κ3) is 4.85. The van der Waals surface area contributed by atoms with E-state index in [1.54, 1.807) is 0 Å². The van der Waals surface area contributed by atoms with Gasteiger partial charge in [0.2, 0.25) is 0 Å². The number of ether oxygens (including phenoxy) is 1. The fourth-order valence-corrected chi connectivity index (χ4v) is 5.47. The molecule has 5 nitrogen and oxygen atoms in total. The van der Waals surface area contributed by atoms with Crippen LogP contribution < -0.4 is 5.32 Å². The zero-order chi connectivity index (χ0) is 22.0. The third-order valence-electron chi connectivity index (χ3n) is 5.57. The predicted molar refractivity (Wildman–Crippen MR) is 132 cm³/mol. The molecule has 162 valence electrons. The number of thiocarbonyl (C=S) groups is 1. The smallest absolute Gasteiger partial charge is 0.349 e. The number of methoxy groups -OCH3 is 1. The van der Waals surface area contributed by atoms with Crippen LogP contribution in [0, 0.1) is 6.92 Å². The molecule has 0 spiro atoms. The molecule has 2 aromatic carbocycles. The molecular formula is C23H24ClN3O2S2. The average Bonchev–Trinajstić information content (AvgIpc) is 3.11. The van der Waals surface area contributed by atoms with Gasteiger partial charge in [-0.15, -0.1) is 11.3 Å². The molecule has 8 heteroatoms. The highest BCUT2D eigenvalue weighted by molar-refractivity contribution is 7.80. The van der Waals surface area contributed by atoms with Gasteiger partial charge in [0.25, 0.3) is 0 Å². The van der Waals surface area contributed by atoms with Crippen LogP contribution in [0.3, 0.4) is 0 Å². The van der Waals surface area contributed by atoms with Crippen LogP contribution in [0.2, 0.25) is 5.02 Å². The fraction of sp³-hybridized carbons (Fsp3) is 0.304. The van der Waals surface area contributed by atoms with Crippen molar-refractivity contribution < 1.29 is 9.53 Å². The zero-order valence-corrected chi connectivity index (χ0v) is 19.9. The number of hydrogen-bond donors (Lipinski definition) is 1. The number of anilines is 1. The monoisotopic (exact) mass is 473 g/mol. The number of carbonyl (C=O) groups is 1. The van der Waals surface area contributed by atoms with E-state index in [9.17, 15) is 4.79 Å². The van der Waals surface area contributed by atoms with Crippen molar-refractivity contribution in [2.75, 3.05) is 38.6 Å². The summed E-state index contributed by atoms with van der Waals surface area (Å²) in [5, 5.41) is 5.33. The number of carbonyl (C=O) groups excluding carboxylic acids is 1. The summed E-state index contributed by atoms with van der Waals surface area (Å²) in [4.78, 5) is 17.0. The number of benzene rings is 2. The SMILES string of the molecule is COC(=O)c1sc2cc(NC(=S)N3CCN(Cc4ccccc4C)CC3)ccc2c1Cl. The van der Waals surface area contributed by atoms with Crippen LogP contribution in [-0.2, 0) is 11.3 Å². The first kappa shape index (κ1) is 22.0. The second-order valence-electron chi connectivity index (χ2n) is 7.57. The summed E-state index contributed by atoms with van der Waals surface area (Å²) < 4.78 is 5.73. The predicted octanol–water partition coefficient (Wildman–Crippen LogP) is 5.16. The number of rotatable bonds is 4. The van der Waals surface area contributed by atoms with E-state index in [0.29, 0.717) is 15.0 Å². The number of fused-ring (bicyclic) bond motifs is 1. The van der Waals surface area contributed by atoms with E-state index in [1.807, 2.05) is 18.2 Å². The maximum atomic E-state index is 11.9. The van der Waals surface area contributed by atoms with Gasteiger partial charge in [0.15, 0.2) is 5.11 Å². The molecule has 3 aromatic rings. The summed E-state index contributed by atoms with van der Waals surface area (Å²) in [7, 11) is 1.36. The first-order valence-electron chi connectivity index (χ1n) is 10.1. The highest BCUT2D eigenvalue weighted by Crippen LogP contribution is 2.37. The molecular weight excluding hydrogens is 450 g/mol. The lowest BCUT2D eigenvalue weighted by Crippen LogP contribution is -2.49. The van der Waals surface area contributed by atoms with E-state index in [-0.39, 0.29) is 0 Å². The Balaban J connectivity index is 1.37. The molecule has 1 aromatic heterocycles. The van der Waals surface area contributed by atoms with Gasteiger partial charge in [-0.1, -0.05) is 35.9 Å². The van der Waals surface area contributed by atoms with Gasteiger partial charge < -0.3 is 15.0 Å². The minimum atomic E-state index is -0.417. The van der Waals surface area contributed by atoms with Gasteiger partial charge in [-0.05, 0) is 48.5 Å². The van der Waals surface area contributed by atoms with Crippen LogP contribution in [0.15, 0.2) is 42.5 Å². The Morgan fingerprint density at radius 3 is 2.65 bits per heavy atom. The van der Waals surface area contributed by atoms with Crippen LogP contribution >= 0.6 is 35.2 Å². The lowest BCUT2D eigenvalue weighted by atomic mass is 10.1. The van der Waals surface area contributed by atoms with E-state index in [2.05, 4.69) is 46.3 Å². The molecule has 0 radical (unpaired) electrons. The third-order valence-corrected chi connectivity index (χ3v) is 7.56. The molecule has 1 aliphatic rings. The van der Waals surface area contributed by atoms with Gasteiger partial charge in [-0.3, -0.25) is 4.90 Å². The quantitative estimate of drug-likeness (QED) is 0.417. The number of halogens is 1. The maximum absolute atomic E-state index is 11.9. The zero-order valence-electron chi connectivity index (χ0n) is 17.5. The van der Waals surface area contributed by atoms with Crippen LogP contribution in [-0.4, -0.2) is 54.2 Å². The molecule has 1 aliphatic heterocycles. The minimum Gasteiger partial charge on any atom is -0.465 e. The van der Waals surface area contributed by atoms with Crippen LogP contribution in [0.4, 0.5) is 5.69 Å². The normalized spacial score (nSPS) is 14.6. The lowest BCUT2D eigenvalue weighted by molar-refractivity contribution is 0.0606. The standard InChI is InChI=1S/C23H24ClN3O2S2/c1-15-5-3-4-6-16(15)14-26-9-11-27(12-10-26)23(30)25-17-7-8-18-19(13-17)31-21(20(18)24)22(28)29-2/h3-8,13H,9-12,14H2,1-2H3,(H,25,30). The number of aryl methyl sites for hydroxylation is 1. The lowest BCUT2D eigenvalue weighted by Gasteiger charge is -2.36. The van der Waals surface area contributed by atoms with Crippen LogP contribution in [0.25, 0.3) is 10.1 Å². The topological polar surface area (TPSA) is 44.8 Å². The maximum Gasteiger partial charge on any atom is 0.349 e. The van der Waals surface area contributed by atoms with E-state index in [0.717, 1.165) is 48.5 Å². The number of thiophene rings is 1. The van der Waals surface area contributed by atoms with Gasteiger partial charge in [0.1, 0.15) is 4.88 Å². The second kappa shape index (κ2) is 9.53. The summed E-state index contributed by atoms with van der Waals surface area (Å²) >= 11 is 13.3. The van der Waals surface area contributed by atoms with Crippen molar-refractivity contribution in [2.24, 2.45) is 0 Å². The molecule has 4 rings (SSSR count). The molecule has 31 heavy (non-hydrogen) atoms. The molecule has 2 heterocycles. The fourth-order valence-electron chi connectivity index (χ4n) is 3.71. The molecule has 0 bridgehead atoms. The Morgan fingerprint density at radius 1 is 1.19 bits per heavy atom. The summed E-state index contributed by atoms with van der Waals surface area (Å²) in [6, 6.07) is 14.4. The number of esters is 1. The summed E-state index contributed by atoms with van der Waals surface area (Å²) in [5.41, 5.74) is 3.60. The van der Waals surface area contributed by atoms with E-state index >= 15 is 0 Å². The number of piperazine rings is 1. The summed E-state index contributed by atoms with van der Waals surface area (Å²) in [5.74, 6) is -0.417. The average molecular weight is 474 g/mol. The molecule has 0 aliphatic carbocycles. The molecule has 1 fully saturated rings. The first-order valence-corrected chi connectivity index (χ1v) is 11.7. The molecule has 1 N–H and O–H groups in total. The van der Waals surface area contributed by atoms with Crippen molar-refractivity contribution >= 4 is 62.0 Å². The van der Waals surface area contributed by atoms with E-state index < -0.39 is 5.97 Å². The van der Waals surface area contributed by atoms with E-state index in [1.165, 1.54) is 29.6 Å². The van der Waals surface area contributed by atoms with Crippen LogP contribution in [0.5, 0.6) is 0 Å².